The SMILES string of the molecule is Nc1nsnc1-c1cccc2cccnc12. The Bertz CT molecular complexity index is 642. The van der Waals surface area contributed by atoms with Gasteiger partial charge in [0.25, 0.3) is 0 Å². The van der Waals surface area contributed by atoms with Crippen LogP contribution in [0.25, 0.3) is 22.2 Å². The second kappa shape index (κ2) is 3.53. The zero-order valence-electron chi connectivity index (χ0n) is 8.29. The fourth-order valence-electron chi connectivity index (χ4n) is 1.68. The average molecular weight is 228 g/mol. The number of nitrogens with zero attached hydrogens (tertiary/aromatic N) is 3. The Kier molecular flexibility index (Phi) is 2.04. The molecule has 78 valence electrons. The smallest absolute Gasteiger partial charge is 0.165 e. The molecule has 4 nitrogen and oxygen atoms in total. The van der Waals surface area contributed by atoms with Gasteiger partial charge in [0, 0.05) is 17.1 Å². The molecule has 0 aliphatic rings. The molecule has 2 N–H and O–H groups in total. The number of hydrogen-bond donors (Lipinski definition) is 1. The van der Waals surface area contributed by atoms with Gasteiger partial charge in [-0.15, -0.1) is 0 Å². The first kappa shape index (κ1) is 9.23. The van der Waals surface area contributed by atoms with Crippen LogP contribution in [0, 0.1) is 0 Å². The molecule has 0 atom stereocenters. The summed E-state index contributed by atoms with van der Waals surface area (Å²) in [7, 11) is 0. The summed E-state index contributed by atoms with van der Waals surface area (Å²) in [5.41, 5.74) is 8.33. The summed E-state index contributed by atoms with van der Waals surface area (Å²) in [6.45, 7) is 0. The lowest BCUT2D eigenvalue weighted by atomic mass is 10.1. The summed E-state index contributed by atoms with van der Waals surface area (Å²) in [5.74, 6) is 0.461. The number of aromatic nitrogens is 3. The third kappa shape index (κ3) is 1.33. The molecule has 0 bridgehead atoms. The van der Waals surface area contributed by atoms with Crippen molar-refractivity contribution in [1.82, 2.24) is 13.7 Å². The maximum Gasteiger partial charge on any atom is 0.165 e. The lowest BCUT2D eigenvalue weighted by molar-refractivity contribution is 1.40. The number of fused-ring (bicyclic) bond motifs is 1. The highest BCUT2D eigenvalue weighted by molar-refractivity contribution is 6.99. The number of anilines is 1. The van der Waals surface area contributed by atoms with Crippen LogP contribution in [0.5, 0.6) is 0 Å². The molecule has 1 aromatic carbocycles. The summed E-state index contributed by atoms with van der Waals surface area (Å²) >= 11 is 1.12. The van der Waals surface area contributed by atoms with Gasteiger partial charge in [0.1, 0.15) is 5.69 Å². The Labute approximate surface area is 96.1 Å². The van der Waals surface area contributed by atoms with E-state index in [1.807, 2.05) is 30.3 Å². The van der Waals surface area contributed by atoms with Gasteiger partial charge in [0.15, 0.2) is 5.82 Å². The maximum atomic E-state index is 5.77. The highest BCUT2D eigenvalue weighted by Crippen LogP contribution is 2.29. The van der Waals surface area contributed by atoms with E-state index in [1.54, 1.807) is 6.20 Å². The largest absolute Gasteiger partial charge is 0.381 e. The number of nitrogens with two attached hydrogens (primary N) is 1. The first-order valence-electron chi connectivity index (χ1n) is 4.78. The normalized spacial score (nSPS) is 10.8. The van der Waals surface area contributed by atoms with E-state index >= 15 is 0 Å². The van der Waals surface area contributed by atoms with Crippen LogP contribution in [-0.4, -0.2) is 13.7 Å². The van der Waals surface area contributed by atoms with Crippen LogP contribution in [0.4, 0.5) is 5.82 Å². The zero-order chi connectivity index (χ0) is 11.0. The van der Waals surface area contributed by atoms with Crippen molar-refractivity contribution < 1.29 is 0 Å². The first-order valence-corrected chi connectivity index (χ1v) is 5.51. The van der Waals surface area contributed by atoms with Crippen LogP contribution in [0.15, 0.2) is 36.5 Å². The molecule has 0 amide bonds. The molecule has 0 spiro atoms. The van der Waals surface area contributed by atoms with Crippen molar-refractivity contribution in [2.75, 3.05) is 5.73 Å². The predicted molar refractivity (Wildman–Crippen MR) is 65.1 cm³/mol. The van der Waals surface area contributed by atoms with Crippen molar-refractivity contribution in [3.8, 4) is 11.3 Å². The van der Waals surface area contributed by atoms with Crippen LogP contribution in [0.3, 0.4) is 0 Å². The van der Waals surface area contributed by atoms with Gasteiger partial charge in [-0.25, -0.2) is 0 Å². The Morgan fingerprint density at radius 3 is 2.75 bits per heavy atom. The molecule has 0 saturated carbocycles. The summed E-state index contributed by atoms with van der Waals surface area (Å²) in [5, 5.41) is 1.08. The van der Waals surface area contributed by atoms with Gasteiger partial charge in [0.2, 0.25) is 0 Å². The Morgan fingerprint density at radius 1 is 1.06 bits per heavy atom. The van der Waals surface area contributed by atoms with Gasteiger partial charge in [-0.2, -0.15) is 8.75 Å². The average Bonchev–Trinajstić information content (AvgIpc) is 2.75. The molecule has 5 heteroatoms. The molecule has 3 rings (SSSR count). The van der Waals surface area contributed by atoms with Crippen LogP contribution in [-0.2, 0) is 0 Å². The van der Waals surface area contributed by atoms with E-state index in [-0.39, 0.29) is 0 Å². The summed E-state index contributed by atoms with van der Waals surface area (Å²) in [6.07, 6.45) is 1.77. The van der Waals surface area contributed by atoms with Gasteiger partial charge in [-0.3, -0.25) is 4.98 Å². The van der Waals surface area contributed by atoms with E-state index in [9.17, 15) is 0 Å². The number of para-hydroxylation sites is 1. The summed E-state index contributed by atoms with van der Waals surface area (Å²) in [6, 6.07) is 9.87. The number of nitrogen functional groups attached to an aromatic ring is 1. The quantitative estimate of drug-likeness (QED) is 0.694. The number of rotatable bonds is 1. The number of benzene rings is 1. The van der Waals surface area contributed by atoms with Gasteiger partial charge < -0.3 is 5.73 Å². The van der Waals surface area contributed by atoms with Crippen molar-refractivity contribution in [3.05, 3.63) is 36.5 Å². The van der Waals surface area contributed by atoms with Crippen molar-refractivity contribution in [2.24, 2.45) is 0 Å². The lowest BCUT2D eigenvalue weighted by Gasteiger charge is -2.02. The fraction of sp³-hybridized carbons (Fsp3) is 0. The van der Waals surface area contributed by atoms with Crippen LogP contribution in [0.2, 0.25) is 0 Å². The molecule has 0 aliphatic carbocycles. The predicted octanol–water partition coefficient (Wildman–Crippen LogP) is 2.34. The molecule has 16 heavy (non-hydrogen) atoms. The Morgan fingerprint density at radius 2 is 1.94 bits per heavy atom. The summed E-state index contributed by atoms with van der Waals surface area (Å²) < 4.78 is 8.18. The molecule has 0 radical (unpaired) electrons. The van der Waals surface area contributed by atoms with E-state index in [1.165, 1.54) is 0 Å². The molecule has 0 saturated heterocycles. The molecular formula is C11H8N4S. The summed E-state index contributed by atoms with van der Waals surface area (Å²) in [4.78, 5) is 4.36. The zero-order valence-corrected chi connectivity index (χ0v) is 9.11. The van der Waals surface area contributed by atoms with E-state index in [2.05, 4.69) is 13.7 Å². The number of pyridine rings is 1. The third-order valence-electron chi connectivity index (χ3n) is 2.40. The van der Waals surface area contributed by atoms with E-state index in [0.29, 0.717) is 11.5 Å². The Balaban J connectivity index is 2.36. The minimum Gasteiger partial charge on any atom is -0.381 e. The Hall–Kier alpha value is -2.01. The van der Waals surface area contributed by atoms with Crippen molar-refractivity contribution in [3.63, 3.8) is 0 Å². The lowest BCUT2D eigenvalue weighted by Crippen LogP contribution is -1.90. The van der Waals surface area contributed by atoms with E-state index in [4.69, 9.17) is 5.73 Å². The van der Waals surface area contributed by atoms with E-state index < -0.39 is 0 Å². The van der Waals surface area contributed by atoms with Gasteiger partial charge in [-0.05, 0) is 6.07 Å². The first-order chi connectivity index (χ1) is 7.86. The van der Waals surface area contributed by atoms with Crippen molar-refractivity contribution >= 4 is 28.4 Å². The highest BCUT2D eigenvalue weighted by Gasteiger charge is 2.10. The monoisotopic (exact) mass is 228 g/mol. The molecule has 2 aromatic heterocycles. The molecule has 0 aliphatic heterocycles. The number of hydrogen-bond acceptors (Lipinski definition) is 5. The molecule has 0 fully saturated rings. The van der Waals surface area contributed by atoms with E-state index in [0.717, 1.165) is 28.2 Å². The van der Waals surface area contributed by atoms with Gasteiger partial charge >= 0.3 is 0 Å². The third-order valence-corrected chi connectivity index (χ3v) is 2.94. The second-order valence-electron chi connectivity index (χ2n) is 3.38. The molecule has 2 heterocycles. The minimum absolute atomic E-state index is 0.461. The fourth-order valence-corrected chi connectivity index (χ4v) is 2.17. The highest BCUT2D eigenvalue weighted by atomic mass is 32.1. The minimum atomic E-state index is 0.461. The van der Waals surface area contributed by atoms with Gasteiger partial charge in [0.05, 0.1) is 17.2 Å². The van der Waals surface area contributed by atoms with Crippen molar-refractivity contribution in [1.29, 1.82) is 0 Å². The van der Waals surface area contributed by atoms with Crippen LogP contribution >= 0.6 is 11.7 Å². The standard InChI is InChI=1S/C11H8N4S/c12-11-10(14-16-15-11)8-5-1-3-7-4-2-6-13-9(7)8/h1-6H,(H2,12,15). The molecule has 3 aromatic rings. The maximum absolute atomic E-state index is 5.77. The van der Waals surface area contributed by atoms with Crippen LogP contribution in [0.1, 0.15) is 0 Å². The van der Waals surface area contributed by atoms with Crippen molar-refractivity contribution in [2.45, 2.75) is 0 Å². The second-order valence-corrected chi connectivity index (χ2v) is 3.91. The van der Waals surface area contributed by atoms with Crippen LogP contribution < -0.4 is 5.73 Å². The molecule has 0 unspecified atom stereocenters. The topological polar surface area (TPSA) is 64.7 Å². The molecular weight excluding hydrogens is 220 g/mol. The van der Waals surface area contributed by atoms with Gasteiger partial charge in [-0.1, -0.05) is 24.3 Å².